The van der Waals surface area contributed by atoms with Gasteiger partial charge in [0.25, 0.3) is 0 Å². The van der Waals surface area contributed by atoms with Gasteiger partial charge in [0, 0.05) is 19.7 Å². The highest BCUT2D eigenvalue weighted by molar-refractivity contribution is 5.43. The van der Waals surface area contributed by atoms with Crippen LogP contribution in [0.1, 0.15) is 20.3 Å². The summed E-state index contributed by atoms with van der Waals surface area (Å²) in [4.78, 5) is 9.42. The minimum Gasteiger partial charge on any atom is -0.383 e. The topological polar surface area (TPSA) is 64.3 Å². The Morgan fingerprint density at radius 2 is 2.29 bits per heavy atom. The molecule has 1 rings (SSSR count). The number of rotatable bonds is 6. The maximum absolute atomic E-state index is 13.7. The van der Waals surface area contributed by atoms with E-state index in [9.17, 15) is 4.39 Å². The summed E-state index contributed by atoms with van der Waals surface area (Å²) in [5.74, 6) is -0.147. The summed E-state index contributed by atoms with van der Waals surface area (Å²) in [6.07, 6.45) is 1.98. The lowest BCUT2D eigenvalue weighted by molar-refractivity contribution is 0.203. The molecule has 0 radical (unpaired) electrons. The molecule has 0 bridgehead atoms. The molecule has 0 aromatic carbocycles. The number of hydrogen-bond acceptors (Lipinski definition) is 5. The fourth-order valence-electron chi connectivity index (χ4n) is 1.52. The van der Waals surface area contributed by atoms with E-state index in [2.05, 4.69) is 9.97 Å². The van der Waals surface area contributed by atoms with Crippen molar-refractivity contribution in [2.24, 2.45) is 0 Å². The van der Waals surface area contributed by atoms with E-state index in [0.717, 1.165) is 12.6 Å². The lowest BCUT2D eigenvalue weighted by Crippen LogP contribution is -2.37. The van der Waals surface area contributed by atoms with Gasteiger partial charge in [-0.2, -0.15) is 4.98 Å². The standard InChI is InChI=1S/C11H19FN4O/c1-4-8(2)16(5-6-17-3)10-9(12)7-14-11(13)15-10/h7-8H,4-6H2,1-3H3,(H2,13,14,15). The molecule has 0 amide bonds. The van der Waals surface area contributed by atoms with E-state index in [1.165, 1.54) is 0 Å². The van der Waals surface area contributed by atoms with Gasteiger partial charge in [0.2, 0.25) is 5.95 Å². The minimum atomic E-state index is -0.462. The minimum absolute atomic E-state index is 0.0760. The van der Waals surface area contributed by atoms with Gasteiger partial charge in [-0.1, -0.05) is 6.92 Å². The summed E-state index contributed by atoms with van der Waals surface area (Å²) in [5.41, 5.74) is 5.49. The van der Waals surface area contributed by atoms with Gasteiger partial charge in [0.1, 0.15) is 0 Å². The average molecular weight is 242 g/mol. The van der Waals surface area contributed by atoms with Crippen molar-refractivity contribution in [3.63, 3.8) is 0 Å². The molecule has 1 unspecified atom stereocenters. The van der Waals surface area contributed by atoms with Crippen LogP contribution in [0.25, 0.3) is 0 Å². The van der Waals surface area contributed by atoms with Crippen molar-refractivity contribution in [1.82, 2.24) is 9.97 Å². The number of hydrogen-bond donors (Lipinski definition) is 1. The van der Waals surface area contributed by atoms with Gasteiger partial charge in [-0.25, -0.2) is 9.37 Å². The van der Waals surface area contributed by atoms with Gasteiger partial charge in [0.05, 0.1) is 12.8 Å². The molecule has 0 saturated heterocycles. The zero-order chi connectivity index (χ0) is 12.8. The normalized spacial score (nSPS) is 12.5. The van der Waals surface area contributed by atoms with E-state index in [1.807, 2.05) is 18.7 Å². The number of anilines is 2. The summed E-state index contributed by atoms with van der Waals surface area (Å²) in [7, 11) is 1.61. The first-order valence-electron chi connectivity index (χ1n) is 5.63. The molecule has 2 N–H and O–H groups in total. The summed E-state index contributed by atoms with van der Waals surface area (Å²) < 4.78 is 18.7. The van der Waals surface area contributed by atoms with Crippen molar-refractivity contribution in [1.29, 1.82) is 0 Å². The highest BCUT2D eigenvalue weighted by Crippen LogP contribution is 2.19. The quantitative estimate of drug-likeness (QED) is 0.818. The molecule has 0 fully saturated rings. The Labute approximate surface area is 101 Å². The van der Waals surface area contributed by atoms with Crippen LogP contribution in [0.3, 0.4) is 0 Å². The zero-order valence-corrected chi connectivity index (χ0v) is 10.5. The van der Waals surface area contributed by atoms with E-state index in [4.69, 9.17) is 10.5 Å². The van der Waals surface area contributed by atoms with Crippen LogP contribution in [0.2, 0.25) is 0 Å². The van der Waals surface area contributed by atoms with Crippen molar-refractivity contribution in [3.8, 4) is 0 Å². The molecule has 1 aromatic heterocycles. The van der Waals surface area contributed by atoms with Crippen LogP contribution in [0.15, 0.2) is 6.20 Å². The molecule has 5 nitrogen and oxygen atoms in total. The third-order valence-electron chi connectivity index (χ3n) is 2.68. The highest BCUT2D eigenvalue weighted by Gasteiger charge is 2.18. The smallest absolute Gasteiger partial charge is 0.222 e. The van der Waals surface area contributed by atoms with Crippen molar-refractivity contribution < 1.29 is 9.13 Å². The number of methoxy groups -OCH3 is 1. The maximum Gasteiger partial charge on any atom is 0.222 e. The molecular weight excluding hydrogens is 223 g/mol. The molecule has 17 heavy (non-hydrogen) atoms. The van der Waals surface area contributed by atoms with Gasteiger partial charge in [-0.3, -0.25) is 0 Å². The van der Waals surface area contributed by atoms with Crippen LogP contribution < -0.4 is 10.6 Å². The Balaban J connectivity index is 2.98. The van der Waals surface area contributed by atoms with Crippen molar-refractivity contribution >= 4 is 11.8 Å². The van der Waals surface area contributed by atoms with Gasteiger partial charge in [-0.05, 0) is 13.3 Å². The number of nitrogens with zero attached hydrogens (tertiary/aromatic N) is 3. The van der Waals surface area contributed by atoms with Gasteiger partial charge in [-0.15, -0.1) is 0 Å². The molecule has 1 atom stereocenters. The van der Waals surface area contributed by atoms with Crippen molar-refractivity contribution in [2.75, 3.05) is 30.9 Å². The van der Waals surface area contributed by atoms with Gasteiger partial charge < -0.3 is 15.4 Å². The largest absolute Gasteiger partial charge is 0.383 e. The Bertz CT molecular complexity index is 361. The number of ether oxygens (including phenoxy) is 1. The van der Waals surface area contributed by atoms with Crippen LogP contribution in [-0.4, -0.2) is 36.3 Å². The first kappa shape index (κ1) is 13.6. The van der Waals surface area contributed by atoms with E-state index >= 15 is 0 Å². The molecule has 0 aliphatic carbocycles. The number of nitrogen functional groups attached to an aromatic ring is 1. The highest BCUT2D eigenvalue weighted by atomic mass is 19.1. The zero-order valence-electron chi connectivity index (χ0n) is 10.5. The summed E-state index contributed by atoms with van der Waals surface area (Å²) >= 11 is 0. The van der Waals surface area contributed by atoms with Gasteiger partial charge >= 0.3 is 0 Å². The fraction of sp³-hybridized carbons (Fsp3) is 0.636. The Kier molecular flexibility index (Phi) is 5.09. The molecular formula is C11H19FN4O. The van der Waals surface area contributed by atoms with E-state index in [0.29, 0.717) is 13.2 Å². The van der Waals surface area contributed by atoms with E-state index < -0.39 is 5.82 Å². The Hall–Kier alpha value is -1.43. The third-order valence-corrected chi connectivity index (χ3v) is 2.68. The molecule has 0 aliphatic rings. The number of halogens is 1. The predicted octanol–water partition coefficient (Wildman–Crippen LogP) is 1.45. The van der Waals surface area contributed by atoms with Crippen molar-refractivity contribution in [3.05, 3.63) is 12.0 Å². The molecule has 1 heterocycles. The second kappa shape index (κ2) is 6.34. The lowest BCUT2D eigenvalue weighted by atomic mass is 10.2. The van der Waals surface area contributed by atoms with Crippen molar-refractivity contribution in [2.45, 2.75) is 26.3 Å². The predicted molar refractivity (Wildman–Crippen MR) is 65.4 cm³/mol. The summed E-state index contributed by atoms with van der Waals surface area (Å²) in [6.45, 7) is 5.12. The Morgan fingerprint density at radius 3 is 2.88 bits per heavy atom. The lowest BCUT2D eigenvalue weighted by Gasteiger charge is -2.29. The second-order valence-electron chi connectivity index (χ2n) is 3.84. The Morgan fingerprint density at radius 1 is 1.59 bits per heavy atom. The first-order valence-corrected chi connectivity index (χ1v) is 5.63. The second-order valence-corrected chi connectivity index (χ2v) is 3.84. The van der Waals surface area contributed by atoms with Crippen LogP contribution in [-0.2, 0) is 4.74 Å². The molecule has 0 spiro atoms. The first-order chi connectivity index (χ1) is 8.10. The molecule has 96 valence electrons. The number of aromatic nitrogens is 2. The third kappa shape index (κ3) is 3.52. The van der Waals surface area contributed by atoms with Crippen LogP contribution >= 0.6 is 0 Å². The number of nitrogens with two attached hydrogens (primary N) is 1. The van der Waals surface area contributed by atoms with Gasteiger partial charge in [0.15, 0.2) is 11.6 Å². The molecule has 1 aromatic rings. The van der Waals surface area contributed by atoms with E-state index in [1.54, 1.807) is 7.11 Å². The molecule has 0 saturated carbocycles. The SMILES string of the molecule is CCC(C)N(CCOC)c1nc(N)ncc1F. The fourth-order valence-corrected chi connectivity index (χ4v) is 1.52. The van der Waals surface area contributed by atoms with E-state index in [-0.39, 0.29) is 17.8 Å². The summed E-state index contributed by atoms with van der Waals surface area (Å²) in [5, 5.41) is 0. The summed E-state index contributed by atoms with van der Waals surface area (Å²) in [6, 6.07) is 0.161. The van der Waals surface area contributed by atoms with Crippen LogP contribution in [0, 0.1) is 5.82 Å². The molecule has 6 heteroatoms. The average Bonchev–Trinajstić information content (AvgIpc) is 2.33. The van der Waals surface area contributed by atoms with Crippen LogP contribution in [0.4, 0.5) is 16.2 Å². The molecule has 0 aliphatic heterocycles. The maximum atomic E-state index is 13.7. The monoisotopic (exact) mass is 242 g/mol. The van der Waals surface area contributed by atoms with Crippen LogP contribution in [0.5, 0.6) is 0 Å².